The highest BCUT2D eigenvalue weighted by Crippen LogP contribution is 2.35. The SMILES string of the molecule is C=C(C)[C@H]1CC=C(C)[C@](C)(O)C1. The normalized spacial score (nSPS) is 36.0. The fourth-order valence-corrected chi connectivity index (χ4v) is 1.64. The van der Waals surface area contributed by atoms with Crippen molar-refractivity contribution < 1.29 is 5.11 Å². The second-order valence-electron chi connectivity index (χ2n) is 4.14. The van der Waals surface area contributed by atoms with Gasteiger partial charge in [0.2, 0.25) is 0 Å². The third kappa shape index (κ3) is 1.78. The van der Waals surface area contributed by atoms with E-state index < -0.39 is 5.60 Å². The largest absolute Gasteiger partial charge is 0.386 e. The maximum absolute atomic E-state index is 9.95. The Kier molecular flexibility index (Phi) is 2.43. The highest BCUT2D eigenvalue weighted by Gasteiger charge is 2.30. The third-order valence-electron chi connectivity index (χ3n) is 2.90. The molecule has 0 aliphatic heterocycles. The maximum atomic E-state index is 9.95. The Morgan fingerprint density at radius 2 is 2.33 bits per heavy atom. The lowest BCUT2D eigenvalue weighted by Crippen LogP contribution is -2.32. The zero-order valence-corrected chi connectivity index (χ0v) is 8.22. The van der Waals surface area contributed by atoms with Crippen molar-refractivity contribution in [3.63, 3.8) is 0 Å². The van der Waals surface area contributed by atoms with E-state index in [9.17, 15) is 5.11 Å². The Hall–Kier alpha value is -0.560. The zero-order valence-electron chi connectivity index (χ0n) is 8.22. The predicted molar refractivity (Wildman–Crippen MR) is 51.9 cm³/mol. The molecular weight excluding hydrogens is 148 g/mol. The molecule has 0 aromatic carbocycles. The number of hydrogen-bond donors (Lipinski definition) is 1. The molecule has 2 atom stereocenters. The number of aliphatic hydroxyl groups is 1. The van der Waals surface area contributed by atoms with Crippen LogP contribution in [0.25, 0.3) is 0 Å². The summed E-state index contributed by atoms with van der Waals surface area (Å²) in [6.45, 7) is 9.84. The van der Waals surface area contributed by atoms with Crippen molar-refractivity contribution in [2.75, 3.05) is 0 Å². The summed E-state index contributed by atoms with van der Waals surface area (Å²) in [7, 11) is 0. The first-order valence-corrected chi connectivity index (χ1v) is 4.48. The third-order valence-corrected chi connectivity index (χ3v) is 2.90. The van der Waals surface area contributed by atoms with Crippen LogP contribution in [0, 0.1) is 5.92 Å². The first-order valence-electron chi connectivity index (χ1n) is 4.48. The molecule has 1 heteroatoms. The summed E-state index contributed by atoms with van der Waals surface area (Å²) in [5.41, 5.74) is 1.67. The van der Waals surface area contributed by atoms with Gasteiger partial charge < -0.3 is 5.11 Å². The van der Waals surface area contributed by atoms with Crippen molar-refractivity contribution in [1.29, 1.82) is 0 Å². The van der Waals surface area contributed by atoms with Gasteiger partial charge in [-0.15, -0.1) is 0 Å². The minimum atomic E-state index is -0.609. The topological polar surface area (TPSA) is 20.2 Å². The van der Waals surface area contributed by atoms with Gasteiger partial charge >= 0.3 is 0 Å². The van der Waals surface area contributed by atoms with Crippen LogP contribution < -0.4 is 0 Å². The fraction of sp³-hybridized carbons (Fsp3) is 0.636. The zero-order chi connectivity index (χ0) is 9.35. The minimum Gasteiger partial charge on any atom is -0.386 e. The molecule has 0 saturated heterocycles. The molecule has 68 valence electrons. The van der Waals surface area contributed by atoms with Crippen molar-refractivity contribution in [1.82, 2.24) is 0 Å². The molecule has 1 N–H and O–H groups in total. The van der Waals surface area contributed by atoms with Crippen molar-refractivity contribution in [2.24, 2.45) is 5.92 Å². The lowest BCUT2D eigenvalue weighted by Gasteiger charge is -2.33. The molecule has 0 radical (unpaired) electrons. The smallest absolute Gasteiger partial charge is 0.0831 e. The van der Waals surface area contributed by atoms with Crippen LogP contribution in [0.2, 0.25) is 0 Å². The van der Waals surface area contributed by atoms with Gasteiger partial charge in [-0.05, 0) is 45.1 Å². The van der Waals surface area contributed by atoms with E-state index in [1.807, 2.05) is 20.8 Å². The predicted octanol–water partition coefficient (Wildman–Crippen LogP) is 2.67. The second-order valence-corrected chi connectivity index (χ2v) is 4.14. The van der Waals surface area contributed by atoms with Crippen LogP contribution in [0.15, 0.2) is 23.8 Å². The highest BCUT2D eigenvalue weighted by atomic mass is 16.3. The molecule has 1 rings (SSSR count). The van der Waals surface area contributed by atoms with Crippen molar-refractivity contribution in [2.45, 2.75) is 39.2 Å². The summed E-state index contributed by atoms with van der Waals surface area (Å²) < 4.78 is 0. The maximum Gasteiger partial charge on any atom is 0.0831 e. The Labute approximate surface area is 74.8 Å². The molecule has 0 saturated carbocycles. The first-order chi connectivity index (χ1) is 5.43. The van der Waals surface area contributed by atoms with Crippen LogP contribution >= 0.6 is 0 Å². The van der Waals surface area contributed by atoms with Gasteiger partial charge in [0.1, 0.15) is 0 Å². The van der Waals surface area contributed by atoms with E-state index in [-0.39, 0.29) is 0 Å². The van der Waals surface area contributed by atoms with Gasteiger partial charge in [0.25, 0.3) is 0 Å². The quantitative estimate of drug-likeness (QED) is 0.594. The summed E-state index contributed by atoms with van der Waals surface area (Å²) in [6.07, 6.45) is 3.99. The molecule has 0 fully saturated rings. The number of hydrogen-bond acceptors (Lipinski definition) is 1. The van der Waals surface area contributed by atoms with Gasteiger partial charge in [-0.2, -0.15) is 0 Å². The standard InChI is InChI=1S/C11H18O/c1-8(2)10-6-5-9(3)11(4,12)7-10/h5,10,12H,1,6-7H2,2-4H3/t10-,11+/m0/s1. The number of allylic oxidation sites excluding steroid dienone is 2. The average Bonchev–Trinajstić information content (AvgIpc) is 1.94. The van der Waals surface area contributed by atoms with E-state index in [4.69, 9.17) is 0 Å². The van der Waals surface area contributed by atoms with E-state index in [0.717, 1.165) is 18.4 Å². The molecule has 1 nitrogen and oxygen atoms in total. The Morgan fingerprint density at radius 3 is 2.75 bits per heavy atom. The van der Waals surface area contributed by atoms with E-state index in [1.54, 1.807) is 0 Å². The Morgan fingerprint density at radius 1 is 1.75 bits per heavy atom. The summed E-state index contributed by atoms with van der Waals surface area (Å²) >= 11 is 0. The van der Waals surface area contributed by atoms with Crippen LogP contribution in [0.4, 0.5) is 0 Å². The summed E-state index contributed by atoms with van der Waals surface area (Å²) in [5, 5.41) is 9.95. The van der Waals surface area contributed by atoms with Crippen molar-refractivity contribution >= 4 is 0 Å². The van der Waals surface area contributed by atoms with Gasteiger partial charge in [-0.3, -0.25) is 0 Å². The van der Waals surface area contributed by atoms with Crippen LogP contribution in [0.5, 0.6) is 0 Å². The van der Waals surface area contributed by atoms with Gasteiger partial charge in [0, 0.05) is 0 Å². The molecule has 0 unspecified atom stereocenters. The monoisotopic (exact) mass is 166 g/mol. The highest BCUT2D eigenvalue weighted by molar-refractivity contribution is 5.20. The molecule has 0 heterocycles. The van der Waals surface area contributed by atoms with Gasteiger partial charge in [-0.25, -0.2) is 0 Å². The Balaban J connectivity index is 2.79. The molecule has 1 aliphatic carbocycles. The summed E-state index contributed by atoms with van der Waals surface area (Å²) in [5.74, 6) is 0.462. The van der Waals surface area contributed by atoms with E-state index in [2.05, 4.69) is 12.7 Å². The van der Waals surface area contributed by atoms with Crippen LogP contribution in [0.3, 0.4) is 0 Å². The minimum absolute atomic E-state index is 0.462. The molecule has 0 bridgehead atoms. The summed E-state index contributed by atoms with van der Waals surface area (Å²) in [4.78, 5) is 0. The lowest BCUT2D eigenvalue weighted by atomic mass is 9.77. The molecule has 1 aliphatic rings. The average molecular weight is 166 g/mol. The van der Waals surface area contributed by atoms with Crippen LogP contribution in [0.1, 0.15) is 33.6 Å². The molecular formula is C11H18O. The first kappa shape index (κ1) is 9.53. The van der Waals surface area contributed by atoms with Crippen molar-refractivity contribution in [3.05, 3.63) is 23.8 Å². The summed E-state index contributed by atoms with van der Waals surface area (Å²) in [6, 6.07) is 0. The molecule has 0 amide bonds. The van der Waals surface area contributed by atoms with Crippen LogP contribution in [-0.4, -0.2) is 10.7 Å². The molecule has 0 spiro atoms. The van der Waals surface area contributed by atoms with E-state index in [1.165, 1.54) is 5.57 Å². The van der Waals surface area contributed by atoms with Gasteiger partial charge in [0.15, 0.2) is 0 Å². The van der Waals surface area contributed by atoms with E-state index in [0.29, 0.717) is 5.92 Å². The van der Waals surface area contributed by atoms with E-state index >= 15 is 0 Å². The fourth-order valence-electron chi connectivity index (χ4n) is 1.64. The number of rotatable bonds is 1. The molecule has 12 heavy (non-hydrogen) atoms. The van der Waals surface area contributed by atoms with Gasteiger partial charge in [0.05, 0.1) is 5.60 Å². The Bertz CT molecular complexity index is 223. The van der Waals surface area contributed by atoms with Crippen LogP contribution in [-0.2, 0) is 0 Å². The molecule has 0 aromatic rings. The molecule has 0 aromatic heterocycles. The lowest BCUT2D eigenvalue weighted by molar-refractivity contribution is 0.0683. The van der Waals surface area contributed by atoms with Gasteiger partial charge in [-0.1, -0.05) is 18.2 Å². The second kappa shape index (κ2) is 3.06. The van der Waals surface area contributed by atoms with Crippen molar-refractivity contribution in [3.8, 4) is 0 Å².